The molecule has 13 heteroatoms. The Bertz CT molecular complexity index is 1840. The summed E-state index contributed by atoms with van der Waals surface area (Å²) in [5, 5.41) is 0.749. The number of allylic oxidation sites excluding steroid dienone is 2. The van der Waals surface area contributed by atoms with Crippen LogP contribution < -0.4 is 24.7 Å². The lowest BCUT2D eigenvalue weighted by atomic mass is 9.91. The molecule has 1 aromatic heterocycles. The second kappa shape index (κ2) is 13.1. The molecule has 0 bridgehead atoms. The Morgan fingerprint density at radius 3 is 2.56 bits per heavy atom. The summed E-state index contributed by atoms with van der Waals surface area (Å²) in [5.74, 6) is 0.102. The van der Waals surface area contributed by atoms with Gasteiger partial charge in [-0.1, -0.05) is 25.0 Å². The number of nitrogens with one attached hydrogen (secondary N) is 1. The molecule has 12 nitrogen and oxygen atoms in total. The molecule has 1 saturated heterocycles. The van der Waals surface area contributed by atoms with Gasteiger partial charge in [-0.15, -0.1) is 0 Å². The van der Waals surface area contributed by atoms with Gasteiger partial charge in [0, 0.05) is 29.9 Å². The Hall–Kier alpha value is -3.71. The Labute approximate surface area is 293 Å². The quantitative estimate of drug-likeness (QED) is 0.379. The highest BCUT2D eigenvalue weighted by atomic mass is 32.2. The minimum absolute atomic E-state index is 0.106. The topological polar surface area (TPSA) is 167 Å². The number of nitrogens with zero attached hydrogens (tertiary/aromatic N) is 2. The SMILES string of the molecule is COc1ccc2c(O[C@@H]3C[C@H]4C(=O)C[C@]5(C(=O)NS(=O)(=O)C6(C)CC6)C[C@@H]5/C=C\CCCCC[C@H](N)C(=O)N4C3)cc(OC3CC3)nc2c1C. The number of ketones is 1. The molecular weight excluding hydrogens is 660 g/mol. The van der Waals surface area contributed by atoms with Gasteiger partial charge in [0.25, 0.3) is 0 Å². The average Bonchev–Trinajstić information content (AvgIpc) is 4.03. The van der Waals surface area contributed by atoms with Crippen LogP contribution in [0, 0.1) is 18.3 Å². The summed E-state index contributed by atoms with van der Waals surface area (Å²) in [6, 6.07) is 3.83. The Morgan fingerprint density at radius 1 is 1.06 bits per heavy atom. The van der Waals surface area contributed by atoms with E-state index >= 15 is 0 Å². The van der Waals surface area contributed by atoms with E-state index in [1.165, 1.54) is 4.90 Å². The first-order valence-electron chi connectivity index (χ1n) is 18.0. The van der Waals surface area contributed by atoms with Crippen LogP contribution >= 0.6 is 0 Å². The number of methoxy groups -OCH3 is 1. The third-order valence-corrected chi connectivity index (χ3v) is 13.5. The average molecular weight is 709 g/mol. The number of aryl methyl sites for hydroxylation is 1. The third kappa shape index (κ3) is 6.70. The van der Waals surface area contributed by atoms with Crippen LogP contribution in [0.15, 0.2) is 30.4 Å². The molecule has 0 radical (unpaired) electrons. The second-order valence-electron chi connectivity index (χ2n) is 15.2. The summed E-state index contributed by atoms with van der Waals surface area (Å²) in [6.07, 6.45) is 10.6. The third-order valence-electron chi connectivity index (χ3n) is 11.3. The summed E-state index contributed by atoms with van der Waals surface area (Å²) in [5.41, 5.74) is 6.76. The number of carbonyl (C=O) groups excluding carboxylic acids is 3. The first kappa shape index (κ1) is 34.7. The summed E-state index contributed by atoms with van der Waals surface area (Å²) in [7, 11) is -2.29. The number of carbonyl (C=O) groups is 3. The molecule has 2 aliphatic heterocycles. The number of rotatable bonds is 8. The van der Waals surface area contributed by atoms with Crippen molar-refractivity contribution in [2.24, 2.45) is 17.1 Å². The number of hydrogen-bond donors (Lipinski definition) is 2. The van der Waals surface area contributed by atoms with Crippen molar-refractivity contribution in [1.29, 1.82) is 0 Å². The van der Waals surface area contributed by atoms with Gasteiger partial charge in [0.2, 0.25) is 27.7 Å². The molecule has 5 aliphatic rings. The summed E-state index contributed by atoms with van der Waals surface area (Å²) in [6.45, 7) is 3.69. The molecule has 3 N–H and O–H groups in total. The number of nitrogens with two attached hydrogens (primary N) is 1. The van der Waals surface area contributed by atoms with Gasteiger partial charge in [-0.3, -0.25) is 19.1 Å². The van der Waals surface area contributed by atoms with Crippen molar-refractivity contribution < 1.29 is 37.0 Å². The van der Waals surface area contributed by atoms with Crippen molar-refractivity contribution in [3.63, 3.8) is 0 Å². The van der Waals surface area contributed by atoms with Crippen LogP contribution in [0.1, 0.15) is 89.5 Å². The van der Waals surface area contributed by atoms with Gasteiger partial charge in [-0.2, -0.15) is 0 Å². The van der Waals surface area contributed by atoms with Crippen LogP contribution in [-0.4, -0.2) is 78.6 Å². The van der Waals surface area contributed by atoms with E-state index in [0.717, 1.165) is 49.5 Å². The summed E-state index contributed by atoms with van der Waals surface area (Å²) in [4.78, 5) is 48.3. The van der Waals surface area contributed by atoms with E-state index in [-0.39, 0.29) is 43.1 Å². The molecule has 7 rings (SSSR count). The Balaban J connectivity index is 1.18. The van der Waals surface area contributed by atoms with E-state index in [9.17, 15) is 22.8 Å². The molecule has 5 atom stereocenters. The lowest BCUT2D eigenvalue weighted by molar-refractivity contribution is -0.140. The van der Waals surface area contributed by atoms with Gasteiger partial charge in [0.15, 0.2) is 5.78 Å². The lowest BCUT2D eigenvalue weighted by Gasteiger charge is -2.27. The second-order valence-corrected chi connectivity index (χ2v) is 17.4. The number of sulfonamides is 1. The normalized spacial score (nSPS) is 30.4. The fourth-order valence-electron chi connectivity index (χ4n) is 7.45. The first-order valence-corrected chi connectivity index (χ1v) is 19.5. The van der Waals surface area contributed by atoms with Gasteiger partial charge in [0.05, 0.1) is 41.4 Å². The van der Waals surface area contributed by atoms with E-state index in [0.29, 0.717) is 48.6 Å². The van der Waals surface area contributed by atoms with Crippen molar-refractivity contribution >= 4 is 38.5 Å². The molecule has 0 spiro atoms. The van der Waals surface area contributed by atoms with Gasteiger partial charge >= 0.3 is 0 Å². The summed E-state index contributed by atoms with van der Waals surface area (Å²) >= 11 is 0. The number of hydrogen-bond acceptors (Lipinski definition) is 10. The fourth-order valence-corrected chi connectivity index (χ4v) is 8.79. The maximum atomic E-state index is 14.3. The van der Waals surface area contributed by atoms with E-state index in [1.807, 2.05) is 31.2 Å². The summed E-state index contributed by atoms with van der Waals surface area (Å²) < 4.78 is 45.8. The van der Waals surface area contributed by atoms with Gasteiger partial charge in [-0.05, 0) is 83.3 Å². The maximum absolute atomic E-state index is 14.3. The monoisotopic (exact) mass is 708 g/mol. The number of amides is 2. The predicted molar refractivity (Wildman–Crippen MR) is 186 cm³/mol. The molecule has 2 aromatic rings. The van der Waals surface area contributed by atoms with E-state index in [1.54, 1.807) is 20.1 Å². The van der Waals surface area contributed by atoms with E-state index in [2.05, 4.69) is 4.72 Å². The van der Waals surface area contributed by atoms with Crippen LogP contribution in [0.25, 0.3) is 10.9 Å². The number of benzene rings is 1. The van der Waals surface area contributed by atoms with Crippen molar-refractivity contribution in [1.82, 2.24) is 14.6 Å². The fraction of sp³-hybridized carbons (Fsp3) is 0.622. The number of pyridine rings is 1. The highest BCUT2D eigenvalue weighted by Gasteiger charge is 2.62. The van der Waals surface area contributed by atoms with Crippen LogP contribution in [0.3, 0.4) is 0 Å². The Kier molecular flexibility index (Phi) is 9.11. The van der Waals surface area contributed by atoms with Crippen LogP contribution in [0.2, 0.25) is 0 Å². The molecule has 2 amide bonds. The molecule has 0 unspecified atom stereocenters. The van der Waals surface area contributed by atoms with Crippen LogP contribution in [0.4, 0.5) is 0 Å². The smallest absolute Gasteiger partial charge is 0.240 e. The van der Waals surface area contributed by atoms with Crippen LogP contribution in [0.5, 0.6) is 17.4 Å². The molecular formula is C37H48N4O8S. The van der Waals surface area contributed by atoms with Gasteiger partial charge in [-0.25, -0.2) is 13.4 Å². The zero-order valence-corrected chi connectivity index (χ0v) is 29.9. The highest BCUT2D eigenvalue weighted by Crippen LogP contribution is 2.57. The van der Waals surface area contributed by atoms with Crippen molar-refractivity contribution in [3.8, 4) is 17.4 Å². The van der Waals surface area contributed by atoms with Crippen molar-refractivity contribution in [2.45, 2.75) is 120 Å². The van der Waals surface area contributed by atoms with Crippen molar-refractivity contribution in [2.75, 3.05) is 13.7 Å². The number of aromatic nitrogens is 1. The maximum Gasteiger partial charge on any atom is 0.240 e. The van der Waals surface area contributed by atoms with Crippen molar-refractivity contribution in [3.05, 3.63) is 35.9 Å². The molecule has 270 valence electrons. The molecule has 4 fully saturated rings. The number of Topliss-reactive ketones (excluding diaryl/α,β-unsaturated/α-hetero) is 1. The van der Waals surface area contributed by atoms with Crippen LogP contribution in [-0.2, 0) is 24.4 Å². The van der Waals surface area contributed by atoms with E-state index in [4.69, 9.17) is 24.9 Å². The van der Waals surface area contributed by atoms with Gasteiger partial charge in [0.1, 0.15) is 23.7 Å². The van der Waals surface area contributed by atoms with E-state index < -0.39 is 44.3 Å². The molecule has 3 heterocycles. The molecule has 50 heavy (non-hydrogen) atoms. The number of fused-ring (bicyclic) bond motifs is 3. The largest absolute Gasteiger partial charge is 0.496 e. The zero-order chi connectivity index (χ0) is 35.4. The van der Waals surface area contributed by atoms with Gasteiger partial charge < -0.3 is 24.8 Å². The predicted octanol–water partition coefficient (Wildman–Crippen LogP) is 4.25. The molecule has 3 saturated carbocycles. The minimum atomic E-state index is -3.90. The first-order chi connectivity index (χ1) is 23.8. The molecule has 1 aromatic carbocycles. The Morgan fingerprint density at radius 2 is 1.84 bits per heavy atom. The zero-order valence-electron chi connectivity index (χ0n) is 29.1. The lowest BCUT2D eigenvalue weighted by Crippen LogP contribution is -2.50. The number of ether oxygens (including phenoxy) is 3. The standard InChI is InChI=1S/C37H48N4O8S/c1-22-30(47-3)14-13-26-31(18-32(39-33(22)26)49-24-11-12-24)48-25-17-28-29(42)20-37(35(44)40-50(45,46)36(2)15-16-36)19-23(37)9-7-5-4-6-8-10-27(38)34(43)41(28)21-25/h7,9,13-14,18,23-25,27-28H,4-6,8,10-12,15-17,19-21,38H2,1-3H3,(H,40,44)/b9-7-/t23-,25+,27-,28-,37+/m0/s1. The molecule has 3 aliphatic carbocycles. The minimum Gasteiger partial charge on any atom is -0.496 e. The highest BCUT2D eigenvalue weighted by molar-refractivity contribution is 7.91.